The first-order valence-electron chi connectivity index (χ1n) is 4.70. The number of amides is 1. The standard InChI is InChI=1S/C9H13N3O4/c1-6(13)5-10-9(14)7-3-4-8(11(7)2)12(15)16/h3-4,6,13H,5H2,1-2H3,(H,10,14)/t6-/m1/s1. The summed E-state index contributed by atoms with van der Waals surface area (Å²) in [5.74, 6) is -0.598. The summed E-state index contributed by atoms with van der Waals surface area (Å²) in [7, 11) is 1.44. The van der Waals surface area contributed by atoms with Crippen molar-refractivity contribution in [2.45, 2.75) is 13.0 Å². The van der Waals surface area contributed by atoms with Gasteiger partial charge in [0.15, 0.2) is 5.69 Å². The molecule has 0 aliphatic heterocycles. The van der Waals surface area contributed by atoms with E-state index in [1.807, 2.05) is 0 Å². The Morgan fingerprint density at radius 2 is 2.31 bits per heavy atom. The summed E-state index contributed by atoms with van der Waals surface area (Å²) in [4.78, 5) is 21.5. The van der Waals surface area contributed by atoms with Gasteiger partial charge in [-0.1, -0.05) is 0 Å². The fourth-order valence-electron chi connectivity index (χ4n) is 1.24. The fraction of sp³-hybridized carbons (Fsp3) is 0.444. The molecule has 0 aliphatic carbocycles. The molecule has 0 radical (unpaired) electrons. The second-order valence-electron chi connectivity index (χ2n) is 3.45. The molecule has 2 N–H and O–H groups in total. The number of carbonyl (C=O) groups is 1. The maximum absolute atomic E-state index is 11.5. The van der Waals surface area contributed by atoms with Crippen LogP contribution in [0.25, 0.3) is 0 Å². The summed E-state index contributed by atoms with van der Waals surface area (Å²) in [6.07, 6.45) is -0.654. The van der Waals surface area contributed by atoms with Crippen molar-refractivity contribution in [3.63, 3.8) is 0 Å². The van der Waals surface area contributed by atoms with E-state index >= 15 is 0 Å². The molecule has 1 atom stereocenters. The lowest BCUT2D eigenvalue weighted by atomic mass is 10.3. The monoisotopic (exact) mass is 227 g/mol. The van der Waals surface area contributed by atoms with E-state index in [1.54, 1.807) is 0 Å². The minimum absolute atomic E-state index is 0.109. The van der Waals surface area contributed by atoms with E-state index in [4.69, 9.17) is 5.11 Å². The van der Waals surface area contributed by atoms with Crippen molar-refractivity contribution in [3.8, 4) is 0 Å². The van der Waals surface area contributed by atoms with Crippen LogP contribution in [0, 0.1) is 10.1 Å². The van der Waals surface area contributed by atoms with Crippen molar-refractivity contribution in [2.24, 2.45) is 7.05 Å². The number of nitrogens with zero attached hydrogens (tertiary/aromatic N) is 2. The van der Waals surface area contributed by atoms with Gasteiger partial charge in [-0.25, -0.2) is 4.57 Å². The van der Waals surface area contributed by atoms with Crippen LogP contribution in [-0.2, 0) is 7.05 Å². The van der Waals surface area contributed by atoms with Crippen molar-refractivity contribution >= 4 is 11.7 Å². The lowest BCUT2D eigenvalue weighted by molar-refractivity contribution is -0.391. The number of carbonyl (C=O) groups excluding carboxylic acids is 1. The molecule has 1 aromatic rings. The molecule has 0 saturated heterocycles. The number of rotatable bonds is 4. The highest BCUT2D eigenvalue weighted by Gasteiger charge is 2.20. The number of nitrogens with one attached hydrogen (secondary N) is 1. The average molecular weight is 227 g/mol. The molecule has 0 unspecified atom stereocenters. The molecule has 0 bridgehead atoms. The maximum atomic E-state index is 11.5. The lowest BCUT2D eigenvalue weighted by Crippen LogP contribution is -2.31. The van der Waals surface area contributed by atoms with Crippen LogP contribution < -0.4 is 5.32 Å². The molecule has 0 saturated carbocycles. The quantitative estimate of drug-likeness (QED) is 0.560. The number of hydrogen-bond donors (Lipinski definition) is 2. The zero-order valence-electron chi connectivity index (χ0n) is 9.01. The van der Waals surface area contributed by atoms with Crippen LogP contribution in [0.4, 0.5) is 5.82 Å². The number of hydrogen-bond acceptors (Lipinski definition) is 4. The van der Waals surface area contributed by atoms with E-state index in [-0.39, 0.29) is 18.1 Å². The number of nitro groups is 1. The smallest absolute Gasteiger partial charge is 0.323 e. The predicted molar refractivity (Wildman–Crippen MR) is 56.1 cm³/mol. The summed E-state index contributed by atoms with van der Waals surface area (Å²) in [6.45, 7) is 1.64. The van der Waals surface area contributed by atoms with Gasteiger partial charge in [-0.05, 0) is 17.9 Å². The molecular formula is C9H13N3O4. The van der Waals surface area contributed by atoms with E-state index < -0.39 is 16.9 Å². The van der Waals surface area contributed by atoms with Crippen molar-refractivity contribution in [2.75, 3.05) is 6.54 Å². The molecule has 0 spiro atoms. The Bertz CT molecular complexity index is 411. The van der Waals surface area contributed by atoms with Gasteiger partial charge in [0.25, 0.3) is 5.91 Å². The van der Waals surface area contributed by atoms with Crippen molar-refractivity contribution in [3.05, 3.63) is 27.9 Å². The van der Waals surface area contributed by atoms with Crippen molar-refractivity contribution in [1.82, 2.24) is 9.88 Å². The Labute approximate surface area is 91.8 Å². The van der Waals surface area contributed by atoms with Gasteiger partial charge >= 0.3 is 5.82 Å². The van der Waals surface area contributed by atoms with Crippen molar-refractivity contribution < 1.29 is 14.8 Å². The van der Waals surface area contributed by atoms with E-state index in [2.05, 4.69) is 5.32 Å². The summed E-state index contributed by atoms with van der Waals surface area (Å²) in [6, 6.07) is 2.63. The summed E-state index contributed by atoms with van der Waals surface area (Å²) < 4.78 is 1.19. The minimum Gasteiger partial charge on any atom is -0.392 e. The van der Waals surface area contributed by atoms with Crippen molar-refractivity contribution in [1.29, 1.82) is 0 Å². The third kappa shape index (κ3) is 2.57. The normalized spacial score (nSPS) is 12.2. The summed E-state index contributed by atoms with van der Waals surface area (Å²) in [5.41, 5.74) is 0.187. The first-order valence-corrected chi connectivity index (χ1v) is 4.70. The molecule has 0 fully saturated rings. The van der Waals surface area contributed by atoms with E-state index in [9.17, 15) is 14.9 Å². The fourth-order valence-corrected chi connectivity index (χ4v) is 1.24. The first kappa shape index (κ1) is 12.2. The van der Waals surface area contributed by atoms with Gasteiger partial charge in [-0.3, -0.25) is 4.79 Å². The van der Waals surface area contributed by atoms with Gasteiger partial charge in [-0.15, -0.1) is 0 Å². The molecule has 0 aliphatic rings. The van der Waals surface area contributed by atoms with Crippen LogP contribution in [0.2, 0.25) is 0 Å². The van der Waals surface area contributed by atoms with Crippen LogP contribution in [0.15, 0.2) is 12.1 Å². The Morgan fingerprint density at radius 3 is 2.75 bits per heavy atom. The molecule has 16 heavy (non-hydrogen) atoms. The largest absolute Gasteiger partial charge is 0.392 e. The molecule has 1 heterocycles. The summed E-state index contributed by atoms with van der Waals surface area (Å²) >= 11 is 0. The molecule has 7 nitrogen and oxygen atoms in total. The Balaban J connectivity index is 2.81. The number of aliphatic hydroxyl groups is 1. The Morgan fingerprint density at radius 1 is 1.69 bits per heavy atom. The molecule has 88 valence electrons. The third-order valence-corrected chi connectivity index (χ3v) is 2.07. The SMILES string of the molecule is C[C@@H](O)CNC(=O)c1ccc([N+](=O)[O-])n1C. The van der Waals surface area contributed by atoms with E-state index in [1.165, 1.54) is 30.7 Å². The number of aliphatic hydroxyl groups excluding tert-OH is 1. The summed E-state index contributed by atoms with van der Waals surface area (Å²) in [5, 5.41) is 22.0. The second kappa shape index (κ2) is 4.75. The van der Waals surface area contributed by atoms with Crippen LogP contribution in [0.3, 0.4) is 0 Å². The molecule has 7 heteroatoms. The van der Waals surface area contributed by atoms with Gasteiger partial charge < -0.3 is 20.5 Å². The van der Waals surface area contributed by atoms with Gasteiger partial charge in [0.1, 0.15) is 0 Å². The van der Waals surface area contributed by atoms with Gasteiger partial charge in [0.2, 0.25) is 0 Å². The molecular weight excluding hydrogens is 214 g/mol. The Hall–Kier alpha value is -1.89. The highest BCUT2D eigenvalue weighted by Crippen LogP contribution is 2.14. The molecule has 0 aromatic carbocycles. The zero-order valence-corrected chi connectivity index (χ0v) is 9.01. The predicted octanol–water partition coefficient (Wildman–Crippen LogP) is 0.0439. The molecule has 1 amide bonds. The highest BCUT2D eigenvalue weighted by atomic mass is 16.6. The highest BCUT2D eigenvalue weighted by molar-refractivity contribution is 5.93. The van der Waals surface area contributed by atoms with Gasteiger partial charge in [0, 0.05) is 12.6 Å². The van der Waals surface area contributed by atoms with E-state index in [0.29, 0.717) is 0 Å². The van der Waals surface area contributed by atoms with Gasteiger partial charge in [-0.2, -0.15) is 0 Å². The minimum atomic E-state index is -0.654. The van der Waals surface area contributed by atoms with Crippen LogP contribution in [0.1, 0.15) is 17.4 Å². The first-order chi connectivity index (χ1) is 7.43. The number of aromatic nitrogens is 1. The molecule has 1 aromatic heterocycles. The van der Waals surface area contributed by atoms with E-state index in [0.717, 1.165) is 0 Å². The van der Waals surface area contributed by atoms with Gasteiger partial charge in [0.05, 0.1) is 13.2 Å². The third-order valence-electron chi connectivity index (χ3n) is 2.07. The lowest BCUT2D eigenvalue weighted by Gasteiger charge is -2.05. The van der Waals surface area contributed by atoms with Crippen LogP contribution >= 0.6 is 0 Å². The van der Waals surface area contributed by atoms with Crippen LogP contribution in [-0.4, -0.2) is 33.2 Å². The van der Waals surface area contributed by atoms with Crippen LogP contribution in [0.5, 0.6) is 0 Å². The topological polar surface area (TPSA) is 97.4 Å². The Kier molecular flexibility index (Phi) is 3.62. The zero-order chi connectivity index (χ0) is 12.3. The second-order valence-corrected chi connectivity index (χ2v) is 3.45. The molecule has 1 rings (SSSR count). The average Bonchev–Trinajstić information content (AvgIpc) is 2.56. The maximum Gasteiger partial charge on any atom is 0.323 e.